The number of anilines is 1. The summed E-state index contributed by atoms with van der Waals surface area (Å²) in [6.45, 7) is 0. The third-order valence-electron chi connectivity index (χ3n) is 3.25. The van der Waals surface area contributed by atoms with Gasteiger partial charge in [0.1, 0.15) is 0 Å². The van der Waals surface area contributed by atoms with E-state index < -0.39 is 0 Å². The van der Waals surface area contributed by atoms with Crippen molar-refractivity contribution in [1.29, 1.82) is 0 Å². The third kappa shape index (κ3) is 3.20. The summed E-state index contributed by atoms with van der Waals surface area (Å²) in [5, 5.41) is 3.50. The first-order chi connectivity index (χ1) is 8.16. The Morgan fingerprint density at radius 1 is 1.35 bits per heavy atom. The normalized spacial score (nSPS) is 24.4. The second kappa shape index (κ2) is 5.52. The number of hydrogen-bond donors (Lipinski definition) is 2. The van der Waals surface area contributed by atoms with Crippen molar-refractivity contribution in [2.75, 3.05) is 5.32 Å². The zero-order valence-electron chi connectivity index (χ0n) is 9.66. The van der Waals surface area contributed by atoms with Gasteiger partial charge < -0.3 is 11.1 Å². The summed E-state index contributed by atoms with van der Waals surface area (Å²) >= 11 is 5.87. The standard InChI is InChI=1S/C13H17ClN2O/c14-9-4-3-5-10(8-9)16-13(17)11-6-1-2-7-12(11)15/h3-5,8,11-12H,1-2,6-7,15H2,(H,16,17). The fraction of sp³-hybridized carbons (Fsp3) is 0.462. The molecule has 2 atom stereocenters. The van der Waals surface area contributed by atoms with Crippen LogP contribution in [0.2, 0.25) is 5.02 Å². The number of nitrogens with two attached hydrogens (primary N) is 1. The minimum absolute atomic E-state index is 0.0112. The predicted octanol–water partition coefficient (Wildman–Crippen LogP) is 2.80. The monoisotopic (exact) mass is 252 g/mol. The Morgan fingerprint density at radius 3 is 2.82 bits per heavy atom. The Labute approximate surface area is 106 Å². The first kappa shape index (κ1) is 12.4. The Bertz CT molecular complexity index is 408. The maximum Gasteiger partial charge on any atom is 0.229 e. The van der Waals surface area contributed by atoms with E-state index in [0.717, 1.165) is 31.4 Å². The fourth-order valence-corrected chi connectivity index (χ4v) is 2.48. The largest absolute Gasteiger partial charge is 0.327 e. The van der Waals surface area contributed by atoms with Gasteiger partial charge in [0.25, 0.3) is 0 Å². The van der Waals surface area contributed by atoms with Crippen molar-refractivity contribution < 1.29 is 4.79 Å². The van der Waals surface area contributed by atoms with Gasteiger partial charge in [0.15, 0.2) is 0 Å². The lowest BCUT2D eigenvalue weighted by atomic mass is 9.84. The van der Waals surface area contributed by atoms with Crippen LogP contribution in [-0.4, -0.2) is 11.9 Å². The topological polar surface area (TPSA) is 55.1 Å². The van der Waals surface area contributed by atoms with Gasteiger partial charge in [0, 0.05) is 16.8 Å². The zero-order valence-corrected chi connectivity index (χ0v) is 10.4. The van der Waals surface area contributed by atoms with E-state index in [2.05, 4.69) is 5.32 Å². The van der Waals surface area contributed by atoms with Gasteiger partial charge in [-0.05, 0) is 31.0 Å². The van der Waals surface area contributed by atoms with E-state index >= 15 is 0 Å². The molecule has 0 saturated heterocycles. The van der Waals surface area contributed by atoms with Gasteiger partial charge in [-0.3, -0.25) is 4.79 Å². The highest BCUT2D eigenvalue weighted by atomic mass is 35.5. The molecule has 1 saturated carbocycles. The molecule has 17 heavy (non-hydrogen) atoms. The SMILES string of the molecule is NC1CCCCC1C(=O)Nc1cccc(Cl)c1. The molecule has 0 spiro atoms. The Hall–Kier alpha value is -1.06. The molecule has 1 aliphatic rings. The number of benzene rings is 1. The molecular formula is C13H17ClN2O. The van der Waals surface area contributed by atoms with Crippen LogP contribution in [0.1, 0.15) is 25.7 Å². The highest BCUT2D eigenvalue weighted by Gasteiger charge is 2.28. The third-order valence-corrected chi connectivity index (χ3v) is 3.48. The molecule has 3 nitrogen and oxygen atoms in total. The van der Waals surface area contributed by atoms with E-state index in [1.54, 1.807) is 12.1 Å². The molecule has 92 valence electrons. The van der Waals surface area contributed by atoms with Crippen molar-refractivity contribution in [2.45, 2.75) is 31.7 Å². The summed E-state index contributed by atoms with van der Waals surface area (Å²) < 4.78 is 0. The van der Waals surface area contributed by atoms with Crippen LogP contribution in [0, 0.1) is 5.92 Å². The van der Waals surface area contributed by atoms with Crippen LogP contribution in [0.5, 0.6) is 0 Å². The smallest absolute Gasteiger partial charge is 0.229 e. The van der Waals surface area contributed by atoms with Crippen molar-refractivity contribution in [3.8, 4) is 0 Å². The highest BCUT2D eigenvalue weighted by Crippen LogP contribution is 2.24. The number of carbonyl (C=O) groups excluding carboxylic acids is 1. The fourth-order valence-electron chi connectivity index (χ4n) is 2.29. The lowest BCUT2D eigenvalue weighted by Crippen LogP contribution is -2.40. The summed E-state index contributed by atoms with van der Waals surface area (Å²) in [5.41, 5.74) is 6.71. The lowest BCUT2D eigenvalue weighted by molar-refractivity contribution is -0.121. The average molecular weight is 253 g/mol. The molecule has 0 bridgehead atoms. The molecule has 1 aromatic rings. The van der Waals surface area contributed by atoms with Crippen molar-refractivity contribution in [3.63, 3.8) is 0 Å². The van der Waals surface area contributed by atoms with Crippen molar-refractivity contribution in [1.82, 2.24) is 0 Å². The highest BCUT2D eigenvalue weighted by molar-refractivity contribution is 6.30. The number of nitrogens with one attached hydrogen (secondary N) is 1. The van der Waals surface area contributed by atoms with Gasteiger partial charge in [0.2, 0.25) is 5.91 Å². The summed E-state index contributed by atoms with van der Waals surface area (Å²) in [6, 6.07) is 7.16. The van der Waals surface area contributed by atoms with Gasteiger partial charge in [0.05, 0.1) is 5.92 Å². The molecule has 1 fully saturated rings. The molecule has 3 N–H and O–H groups in total. The van der Waals surface area contributed by atoms with Crippen molar-refractivity contribution >= 4 is 23.2 Å². The van der Waals surface area contributed by atoms with Crippen LogP contribution in [0.15, 0.2) is 24.3 Å². The van der Waals surface area contributed by atoms with Gasteiger partial charge >= 0.3 is 0 Å². The van der Waals surface area contributed by atoms with Crippen molar-refractivity contribution in [2.24, 2.45) is 11.7 Å². The summed E-state index contributed by atoms with van der Waals surface area (Å²) in [6.07, 6.45) is 4.03. The molecule has 1 aliphatic carbocycles. The first-order valence-corrected chi connectivity index (χ1v) is 6.36. The summed E-state index contributed by atoms with van der Waals surface area (Å²) in [5.74, 6) is -0.0535. The molecule has 0 radical (unpaired) electrons. The Balaban J connectivity index is 2.01. The molecule has 1 aromatic carbocycles. The van der Waals surface area contributed by atoms with Gasteiger partial charge in [-0.25, -0.2) is 0 Å². The Morgan fingerprint density at radius 2 is 2.12 bits per heavy atom. The van der Waals surface area contributed by atoms with E-state index in [9.17, 15) is 4.79 Å². The van der Waals surface area contributed by atoms with Crippen LogP contribution in [0.4, 0.5) is 5.69 Å². The van der Waals surface area contributed by atoms with Crippen LogP contribution in [-0.2, 0) is 4.79 Å². The van der Waals surface area contributed by atoms with Crippen LogP contribution >= 0.6 is 11.6 Å². The second-order valence-corrected chi connectivity index (χ2v) is 4.99. The number of carbonyl (C=O) groups is 1. The number of hydrogen-bond acceptors (Lipinski definition) is 2. The maximum atomic E-state index is 12.1. The minimum atomic E-state index is -0.0669. The summed E-state index contributed by atoms with van der Waals surface area (Å²) in [4.78, 5) is 12.1. The van der Waals surface area contributed by atoms with E-state index in [1.807, 2.05) is 12.1 Å². The molecular weight excluding hydrogens is 236 g/mol. The lowest BCUT2D eigenvalue weighted by Gasteiger charge is -2.27. The zero-order chi connectivity index (χ0) is 12.3. The minimum Gasteiger partial charge on any atom is -0.327 e. The van der Waals surface area contributed by atoms with E-state index in [0.29, 0.717) is 5.02 Å². The molecule has 2 unspecified atom stereocenters. The summed E-state index contributed by atoms with van der Waals surface area (Å²) in [7, 11) is 0. The first-order valence-electron chi connectivity index (χ1n) is 5.99. The molecule has 0 aliphatic heterocycles. The Kier molecular flexibility index (Phi) is 4.02. The predicted molar refractivity (Wildman–Crippen MR) is 70.0 cm³/mol. The van der Waals surface area contributed by atoms with Crippen LogP contribution in [0.25, 0.3) is 0 Å². The van der Waals surface area contributed by atoms with E-state index in [4.69, 9.17) is 17.3 Å². The number of amides is 1. The molecule has 1 amide bonds. The van der Waals surface area contributed by atoms with Gasteiger partial charge in [-0.15, -0.1) is 0 Å². The molecule has 0 heterocycles. The van der Waals surface area contributed by atoms with Crippen molar-refractivity contribution in [3.05, 3.63) is 29.3 Å². The van der Waals surface area contributed by atoms with Crippen LogP contribution in [0.3, 0.4) is 0 Å². The quantitative estimate of drug-likeness (QED) is 0.850. The average Bonchev–Trinajstić information content (AvgIpc) is 2.29. The van der Waals surface area contributed by atoms with Gasteiger partial charge in [-0.2, -0.15) is 0 Å². The molecule has 0 aromatic heterocycles. The molecule has 4 heteroatoms. The van der Waals surface area contributed by atoms with Crippen LogP contribution < -0.4 is 11.1 Å². The molecule has 2 rings (SSSR count). The maximum absolute atomic E-state index is 12.1. The van der Waals surface area contributed by atoms with E-state index in [-0.39, 0.29) is 17.9 Å². The number of halogens is 1. The number of rotatable bonds is 2. The van der Waals surface area contributed by atoms with E-state index in [1.165, 1.54) is 0 Å². The van der Waals surface area contributed by atoms with Gasteiger partial charge in [-0.1, -0.05) is 30.5 Å². The second-order valence-electron chi connectivity index (χ2n) is 4.55.